The van der Waals surface area contributed by atoms with E-state index in [0.717, 1.165) is 30.4 Å². The molecule has 4 saturated carbocycles. The number of amides is 4. The summed E-state index contributed by atoms with van der Waals surface area (Å²) in [5.41, 5.74) is 7.33. The van der Waals surface area contributed by atoms with Crippen molar-refractivity contribution in [2.75, 3.05) is 25.7 Å². The average Bonchev–Trinajstić information content (AvgIpc) is 3.09. The maximum atomic E-state index is 14.0. The van der Waals surface area contributed by atoms with E-state index in [0.29, 0.717) is 30.9 Å². The molecule has 7 N–H and O–H groups in total. The highest BCUT2D eigenvalue weighted by Crippen LogP contribution is 2.58. The second kappa shape index (κ2) is 18.1. The summed E-state index contributed by atoms with van der Waals surface area (Å²) in [5.74, 6) is -0.718. The van der Waals surface area contributed by atoms with Crippen molar-refractivity contribution in [2.45, 2.75) is 75.0 Å². The molecular formula is C37H50ClN5O7S. The van der Waals surface area contributed by atoms with Gasteiger partial charge in [-0.2, -0.15) is 11.8 Å². The Hall–Kier alpha value is -3.81. The minimum Gasteiger partial charge on any atom is -0.508 e. The van der Waals surface area contributed by atoms with Crippen LogP contribution in [0, 0.1) is 23.7 Å². The lowest BCUT2D eigenvalue weighted by Gasteiger charge is -2.59. The van der Waals surface area contributed by atoms with Gasteiger partial charge in [-0.25, -0.2) is 0 Å². The molecule has 51 heavy (non-hydrogen) atoms. The van der Waals surface area contributed by atoms with Gasteiger partial charge in [-0.1, -0.05) is 42.5 Å². The van der Waals surface area contributed by atoms with Crippen molar-refractivity contribution in [3.05, 3.63) is 65.7 Å². The number of phenols is 1. The summed E-state index contributed by atoms with van der Waals surface area (Å²) in [7, 11) is 1.43. The molecule has 4 amide bonds. The number of rotatable bonds is 16. The summed E-state index contributed by atoms with van der Waals surface area (Å²) in [5, 5.41) is 21.0. The Kier molecular flexibility index (Phi) is 14.2. The fourth-order valence-corrected chi connectivity index (χ4v) is 8.88. The van der Waals surface area contributed by atoms with Gasteiger partial charge in [0.05, 0.1) is 25.6 Å². The summed E-state index contributed by atoms with van der Waals surface area (Å²) in [6.07, 6.45) is 6.86. The minimum atomic E-state index is -0.926. The predicted molar refractivity (Wildman–Crippen MR) is 197 cm³/mol. The number of esters is 1. The summed E-state index contributed by atoms with van der Waals surface area (Å²) in [6, 6.07) is 13.1. The number of carbonyl (C=O) groups is 5. The summed E-state index contributed by atoms with van der Waals surface area (Å²) in [4.78, 5) is 66.0. The van der Waals surface area contributed by atoms with E-state index in [2.05, 4.69) is 21.3 Å². The maximum Gasteiger partial charge on any atom is 0.309 e. The molecule has 4 bridgehead atoms. The van der Waals surface area contributed by atoms with Crippen LogP contribution in [0.4, 0.5) is 0 Å². The molecule has 0 radical (unpaired) electrons. The van der Waals surface area contributed by atoms with Crippen molar-refractivity contribution >= 4 is 53.8 Å². The fourth-order valence-electron chi connectivity index (χ4n) is 8.40. The number of phenolic OH excluding ortho intramolecular Hbond substituents is 1. The lowest BCUT2D eigenvalue weighted by atomic mass is 9.49. The highest BCUT2D eigenvalue weighted by molar-refractivity contribution is 7.98. The van der Waals surface area contributed by atoms with E-state index in [1.165, 1.54) is 31.0 Å². The van der Waals surface area contributed by atoms with Crippen LogP contribution in [0.2, 0.25) is 0 Å². The Morgan fingerprint density at radius 1 is 0.882 bits per heavy atom. The second-order valence-corrected chi connectivity index (χ2v) is 15.1. The molecule has 14 heteroatoms. The van der Waals surface area contributed by atoms with E-state index in [-0.39, 0.29) is 67.2 Å². The second-order valence-electron chi connectivity index (χ2n) is 14.1. The highest BCUT2D eigenvalue weighted by atomic mass is 35.5. The van der Waals surface area contributed by atoms with Crippen LogP contribution < -0.4 is 27.0 Å². The standard InChI is InChI=1S/C37H49N5O7S.ClH/c1-49-36(48)32-25-14-24-15-26(32)20-37(18-24,19-25)42-35(47)30(17-22-6-4-3-5-7-22)40-31(44)21-39-34(46)29(12-13-50-2)41-33(45)28(38)16-23-8-10-27(43)11-9-23;/h3-11,24-26,28-30,32,43H,12-21,38H2,1-2H3,(H,39,46)(H,40,44)(H,41,45)(H,42,47);1H/t24?,25?,26?,28-,29+,30-,32?,37?;/m0./s1. The number of thioether (sulfide) groups is 1. The number of hydrogen-bond donors (Lipinski definition) is 6. The Labute approximate surface area is 309 Å². The first kappa shape index (κ1) is 40.0. The largest absolute Gasteiger partial charge is 0.508 e. The van der Waals surface area contributed by atoms with Crippen LogP contribution in [0.5, 0.6) is 5.75 Å². The SMILES string of the molecule is COC(=O)C1C2CC3CC1CC(NC(=O)[C@H](Cc1ccccc1)NC(=O)CNC(=O)[C@@H](CCSC)NC(=O)[C@@H](N)Cc1ccc(O)cc1)(C3)C2.Cl. The number of nitrogens with one attached hydrogen (secondary N) is 4. The van der Waals surface area contributed by atoms with Gasteiger partial charge in [0.1, 0.15) is 17.8 Å². The summed E-state index contributed by atoms with van der Waals surface area (Å²) in [6.45, 7) is -0.388. The maximum absolute atomic E-state index is 14.0. The van der Waals surface area contributed by atoms with Gasteiger partial charge in [0.25, 0.3) is 0 Å². The van der Waals surface area contributed by atoms with Crippen LogP contribution >= 0.6 is 24.2 Å². The average molecular weight is 744 g/mol. The van der Waals surface area contributed by atoms with E-state index in [1.54, 1.807) is 12.1 Å². The van der Waals surface area contributed by atoms with Gasteiger partial charge >= 0.3 is 5.97 Å². The fraction of sp³-hybridized carbons (Fsp3) is 0.541. The molecule has 0 heterocycles. The van der Waals surface area contributed by atoms with Gasteiger partial charge in [-0.05, 0) is 98.0 Å². The van der Waals surface area contributed by atoms with Crippen LogP contribution in [0.15, 0.2) is 54.6 Å². The lowest BCUT2D eigenvalue weighted by molar-refractivity contribution is -0.162. The summed E-state index contributed by atoms with van der Waals surface area (Å²) >= 11 is 1.52. The predicted octanol–water partition coefficient (Wildman–Crippen LogP) is 2.25. The normalized spacial score (nSPS) is 24.6. The van der Waals surface area contributed by atoms with E-state index < -0.39 is 41.4 Å². The van der Waals surface area contributed by atoms with Crippen molar-refractivity contribution in [2.24, 2.45) is 29.4 Å². The zero-order chi connectivity index (χ0) is 35.8. The van der Waals surface area contributed by atoms with Crippen molar-refractivity contribution in [1.29, 1.82) is 0 Å². The number of carbonyl (C=O) groups excluding carboxylic acids is 5. The first-order chi connectivity index (χ1) is 24.0. The van der Waals surface area contributed by atoms with Crippen LogP contribution in [-0.2, 0) is 41.6 Å². The molecule has 278 valence electrons. The molecular weight excluding hydrogens is 694 g/mol. The topological polar surface area (TPSA) is 189 Å². The van der Waals surface area contributed by atoms with Crippen LogP contribution in [0.25, 0.3) is 0 Å². The van der Waals surface area contributed by atoms with Gasteiger partial charge in [0.2, 0.25) is 23.6 Å². The molecule has 0 aliphatic heterocycles. The van der Waals surface area contributed by atoms with Crippen molar-refractivity contribution in [3.8, 4) is 5.75 Å². The Balaban J connectivity index is 0.00000583. The van der Waals surface area contributed by atoms with Gasteiger partial charge in [0, 0.05) is 12.0 Å². The number of aromatic hydroxyl groups is 1. The van der Waals surface area contributed by atoms with Gasteiger partial charge in [-0.3, -0.25) is 24.0 Å². The van der Waals surface area contributed by atoms with E-state index >= 15 is 0 Å². The van der Waals surface area contributed by atoms with E-state index in [9.17, 15) is 29.1 Å². The van der Waals surface area contributed by atoms with Crippen molar-refractivity contribution in [1.82, 2.24) is 21.3 Å². The zero-order valence-electron chi connectivity index (χ0n) is 29.1. The minimum absolute atomic E-state index is 0. The third-order valence-corrected chi connectivity index (χ3v) is 11.1. The Bertz CT molecular complexity index is 1510. The third-order valence-electron chi connectivity index (χ3n) is 10.5. The lowest BCUT2D eigenvalue weighted by Crippen LogP contribution is -2.65. The molecule has 4 aliphatic rings. The highest BCUT2D eigenvalue weighted by Gasteiger charge is 2.58. The van der Waals surface area contributed by atoms with Gasteiger partial charge in [0.15, 0.2) is 0 Å². The summed E-state index contributed by atoms with van der Waals surface area (Å²) < 4.78 is 5.13. The first-order valence-corrected chi connectivity index (χ1v) is 18.7. The van der Waals surface area contributed by atoms with E-state index in [1.807, 2.05) is 36.6 Å². The molecule has 0 aromatic heterocycles. The molecule has 4 fully saturated rings. The first-order valence-electron chi connectivity index (χ1n) is 17.3. The Morgan fingerprint density at radius 2 is 1.53 bits per heavy atom. The van der Waals surface area contributed by atoms with Crippen molar-refractivity contribution < 1.29 is 33.8 Å². The molecule has 2 unspecified atom stereocenters. The number of hydrogen-bond acceptors (Lipinski definition) is 9. The molecule has 12 nitrogen and oxygen atoms in total. The number of nitrogens with two attached hydrogens (primary N) is 1. The number of ether oxygens (including phenoxy) is 1. The molecule has 0 spiro atoms. The molecule has 2 aromatic carbocycles. The molecule has 5 atom stereocenters. The Morgan fingerprint density at radius 3 is 2.16 bits per heavy atom. The number of benzene rings is 2. The van der Waals surface area contributed by atoms with Crippen LogP contribution in [0.3, 0.4) is 0 Å². The van der Waals surface area contributed by atoms with Gasteiger partial charge < -0.3 is 36.8 Å². The molecule has 0 saturated heterocycles. The van der Waals surface area contributed by atoms with Crippen LogP contribution in [-0.4, -0.2) is 84.0 Å². The molecule has 6 rings (SSSR count). The van der Waals surface area contributed by atoms with Crippen LogP contribution in [0.1, 0.15) is 49.7 Å². The smallest absolute Gasteiger partial charge is 0.309 e. The monoisotopic (exact) mass is 743 g/mol. The quantitative estimate of drug-likeness (QED) is 0.140. The number of halogens is 1. The number of methoxy groups -OCH3 is 1. The zero-order valence-corrected chi connectivity index (χ0v) is 30.7. The molecule has 2 aromatic rings. The van der Waals surface area contributed by atoms with Gasteiger partial charge in [-0.15, -0.1) is 12.4 Å². The van der Waals surface area contributed by atoms with Crippen molar-refractivity contribution in [3.63, 3.8) is 0 Å². The molecule has 4 aliphatic carbocycles. The third kappa shape index (κ3) is 10.4. The van der Waals surface area contributed by atoms with E-state index in [4.69, 9.17) is 10.5 Å².